The maximum absolute atomic E-state index is 6.04. The molecule has 0 radical (unpaired) electrons. The summed E-state index contributed by atoms with van der Waals surface area (Å²) in [5.41, 5.74) is 7.73. The standard InChI is InChI=1S/C11H15NO2/c1-7-4-5-8(11(2,3)12)10-9(7)13-6-14-10/h4-5H,6,12H2,1-3H3. The molecule has 1 heterocycles. The highest BCUT2D eigenvalue weighted by atomic mass is 16.7. The van der Waals surface area contributed by atoms with Crippen LogP contribution in [0.4, 0.5) is 0 Å². The van der Waals surface area contributed by atoms with E-state index in [2.05, 4.69) is 0 Å². The lowest BCUT2D eigenvalue weighted by Gasteiger charge is -2.21. The molecule has 0 aromatic heterocycles. The van der Waals surface area contributed by atoms with Gasteiger partial charge in [0.1, 0.15) is 0 Å². The third-order valence-electron chi connectivity index (χ3n) is 2.41. The minimum atomic E-state index is -0.397. The minimum Gasteiger partial charge on any atom is -0.453 e. The molecule has 1 aromatic rings. The Balaban J connectivity index is 2.60. The average molecular weight is 193 g/mol. The molecule has 1 aliphatic rings. The van der Waals surface area contributed by atoms with Crippen molar-refractivity contribution in [1.82, 2.24) is 0 Å². The molecule has 3 heteroatoms. The van der Waals surface area contributed by atoms with E-state index in [0.29, 0.717) is 6.79 Å². The van der Waals surface area contributed by atoms with Crippen LogP contribution in [0.5, 0.6) is 11.5 Å². The maximum Gasteiger partial charge on any atom is 0.231 e. The molecule has 1 aliphatic heterocycles. The molecular formula is C11H15NO2. The van der Waals surface area contributed by atoms with Crippen molar-refractivity contribution in [3.8, 4) is 11.5 Å². The maximum atomic E-state index is 6.04. The van der Waals surface area contributed by atoms with Crippen molar-refractivity contribution in [3.05, 3.63) is 23.3 Å². The molecule has 1 aromatic carbocycles. The highest BCUT2D eigenvalue weighted by Crippen LogP contribution is 2.41. The van der Waals surface area contributed by atoms with Gasteiger partial charge in [-0.25, -0.2) is 0 Å². The first-order valence-corrected chi connectivity index (χ1v) is 4.68. The first kappa shape index (κ1) is 9.34. The normalized spacial score (nSPS) is 14.6. The molecule has 0 amide bonds. The van der Waals surface area contributed by atoms with Gasteiger partial charge in [-0.1, -0.05) is 12.1 Å². The van der Waals surface area contributed by atoms with Crippen molar-refractivity contribution in [2.24, 2.45) is 5.73 Å². The lowest BCUT2D eigenvalue weighted by molar-refractivity contribution is 0.172. The van der Waals surface area contributed by atoms with Gasteiger partial charge in [-0.2, -0.15) is 0 Å². The summed E-state index contributed by atoms with van der Waals surface area (Å²) in [6.45, 7) is 6.21. The Bertz CT molecular complexity index is 366. The zero-order valence-corrected chi connectivity index (χ0v) is 8.76. The predicted molar refractivity (Wildman–Crippen MR) is 54.5 cm³/mol. The zero-order valence-electron chi connectivity index (χ0n) is 8.76. The van der Waals surface area contributed by atoms with Gasteiger partial charge in [0.25, 0.3) is 0 Å². The molecule has 0 fully saturated rings. The van der Waals surface area contributed by atoms with Crippen molar-refractivity contribution < 1.29 is 9.47 Å². The molecule has 0 bridgehead atoms. The summed E-state index contributed by atoms with van der Waals surface area (Å²) < 4.78 is 10.8. The van der Waals surface area contributed by atoms with Gasteiger partial charge in [0.05, 0.1) is 0 Å². The van der Waals surface area contributed by atoms with Crippen LogP contribution in [0.3, 0.4) is 0 Å². The number of nitrogens with two attached hydrogens (primary N) is 1. The van der Waals surface area contributed by atoms with Crippen LogP contribution in [0.15, 0.2) is 12.1 Å². The summed E-state index contributed by atoms with van der Waals surface area (Å²) in [6.07, 6.45) is 0. The van der Waals surface area contributed by atoms with E-state index >= 15 is 0 Å². The molecule has 0 unspecified atom stereocenters. The quantitative estimate of drug-likeness (QED) is 0.741. The Labute approximate surface area is 83.8 Å². The number of ether oxygens (including phenoxy) is 2. The summed E-state index contributed by atoms with van der Waals surface area (Å²) in [5.74, 6) is 1.64. The number of benzene rings is 1. The van der Waals surface area contributed by atoms with Crippen LogP contribution in [0.1, 0.15) is 25.0 Å². The van der Waals surface area contributed by atoms with Gasteiger partial charge in [0.2, 0.25) is 6.79 Å². The van der Waals surface area contributed by atoms with Crippen molar-refractivity contribution in [3.63, 3.8) is 0 Å². The average Bonchev–Trinajstić information content (AvgIpc) is 2.50. The molecule has 0 spiro atoms. The Morgan fingerprint density at radius 1 is 1.21 bits per heavy atom. The molecular weight excluding hydrogens is 178 g/mol. The van der Waals surface area contributed by atoms with Crippen LogP contribution in [0.25, 0.3) is 0 Å². The number of hydrogen-bond acceptors (Lipinski definition) is 3. The van der Waals surface area contributed by atoms with E-state index in [9.17, 15) is 0 Å². The minimum absolute atomic E-state index is 0.295. The second-order valence-electron chi connectivity index (χ2n) is 4.22. The first-order valence-electron chi connectivity index (χ1n) is 4.68. The van der Waals surface area contributed by atoms with Gasteiger partial charge in [-0.15, -0.1) is 0 Å². The van der Waals surface area contributed by atoms with Crippen LogP contribution in [0, 0.1) is 6.92 Å². The molecule has 0 saturated carbocycles. The van der Waals surface area contributed by atoms with E-state index in [0.717, 1.165) is 22.6 Å². The van der Waals surface area contributed by atoms with Crippen LogP contribution < -0.4 is 15.2 Å². The van der Waals surface area contributed by atoms with E-state index in [1.165, 1.54) is 0 Å². The lowest BCUT2D eigenvalue weighted by Crippen LogP contribution is -2.29. The Hall–Kier alpha value is -1.22. The Kier molecular flexibility index (Phi) is 1.93. The van der Waals surface area contributed by atoms with Gasteiger partial charge in [0, 0.05) is 11.1 Å². The number of aryl methyl sites for hydroxylation is 1. The molecule has 3 nitrogen and oxygen atoms in total. The summed E-state index contributed by atoms with van der Waals surface area (Å²) in [6, 6.07) is 4.01. The molecule has 76 valence electrons. The van der Waals surface area contributed by atoms with Crippen LogP contribution in [0.2, 0.25) is 0 Å². The van der Waals surface area contributed by atoms with E-state index in [4.69, 9.17) is 15.2 Å². The van der Waals surface area contributed by atoms with Crippen molar-refractivity contribution in [2.75, 3.05) is 6.79 Å². The second kappa shape index (κ2) is 2.89. The molecule has 14 heavy (non-hydrogen) atoms. The third kappa shape index (κ3) is 1.34. The number of hydrogen-bond donors (Lipinski definition) is 1. The van der Waals surface area contributed by atoms with Crippen LogP contribution >= 0.6 is 0 Å². The Morgan fingerprint density at radius 3 is 2.50 bits per heavy atom. The fourth-order valence-electron chi connectivity index (χ4n) is 1.64. The van der Waals surface area contributed by atoms with Gasteiger partial charge < -0.3 is 15.2 Å². The highest BCUT2D eigenvalue weighted by molar-refractivity contribution is 5.54. The molecule has 0 atom stereocenters. The van der Waals surface area contributed by atoms with Crippen LogP contribution in [-0.2, 0) is 5.54 Å². The first-order chi connectivity index (χ1) is 6.50. The van der Waals surface area contributed by atoms with E-state index in [1.807, 2.05) is 32.9 Å². The van der Waals surface area contributed by atoms with Gasteiger partial charge in [-0.3, -0.25) is 0 Å². The smallest absolute Gasteiger partial charge is 0.231 e. The SMILES string of the molecule is Cc1ccc(C(C)(C)N)c2c1OCO2. The van der Waals surface area contributed by atoms with Crippen molar-refractivity contribution in [2.45, 2.75) is 26.3 Å². The largest absolute Gasteiger partial charge is 0.453 e. The van der Waals surface area contributed by atoms with E-state index < -0.39 is 5.54 Å². The summed E-state index contributed by atoms with van der Waals surface area (Å²) >= 11 is 0. The summed E-state index contributed by atoms with van der Waals surface area (Å²) in [5, 5.41) is 0. The molecule has 0 aliphatic carbocycles. The van der Waals surface area contributed by atoms with Gasteiger partial charge in [-0.05, 0) is 26.3 Å². The second-order valence-corrected chi connectivity index (χ2v) is 4.22. The van der Waals surface area contributed by atoms with Crippen molar-refractivity contribution in [1.29, 1.82) is 0 Å². The topological polar surface area (TPSA) is 44.5 Å². The third-order valence-corrected chi connectivity index (χ3v) is 2.41. The predicted octanol–water partition coefficient (Wildman–Crippen LogP) is 1.92. The molecule has 2 rings (SSSR count). The fraction of sp³-hybridized carbons (Fsp3) is 0.455. The highest BCUT2D eigenvalue weighted by Gasteiger charge is 2.26. The Morgan fingerprint density at radius 2 is 1.86 bits per heavy atom. The monoisotopic (exact) mass is 193 g/mol. The molecule has 0 saturated heterocycles. The van der Waals surface area contributed by atoms with E-state index in [1.54, 1.807) is 0 Å². The lowest BCUT2D eigenvalue weighted by atomic mass is 9.93. The van der Waals surface area contributed by atoms with Gasteiger partial charge in [0.15, 0.2) is 11.5 Å². The van der Waals surface area contributed by atoms with E-state index in [-0.39, 0.29) is 0 Å². The van der Waals surface area contributed by atoms with Gasteiger partial charge >= 0.3 is 0 Å². The summed E-state index contributed by atoms with van der Waals surface area (Å²) in [7, 11) is 0. The fourth-order valence-corrected chi connectivity index (χ4v) is 1.64. The van der Waals surface area contributed by atoms with Crippen molar-refractivity contribution >= 4 is 0 Å². The van der Waals surface area contributed by atoms with Crippen LogP contribution in [-0.4, -0.2) is 6.79 Å². The zero-order chi connectivity index (χ0) is 10.3. The number of rotatable bonds is 1. The molecule has 2 N–H and O–H groups in total. The number of fused-ring (bicyclic) bond motifs is 1. The summed E-state index contributed by atoms with van der Waals surface area (Å²) in [4.78, 5) is 0.